The number of benzene rings is 2. The Kier molecular flexibility index (Phi) is 8.34. The number of pyridine rings is 2. The maximum Gasteiger partial charge on any atom is 0.330 e. The van der Waals surface area contributed by atoms with Crippen molar-refractivity contribution in [2.24, 2.45) is 14.1 Å². The molecule has 5 aromatic rings. The van der Waals surface area contributed by atoms with Crippen LogP contribution in [0.3, 0.4) is 0 Å². The normalized spacial score (nSPS) is 19.9. The fourth-order valence-corrected chi connectivity index (χ4v) is 8.74. The van der Waals surface area contributed by atoms with Gasteiger partial charge < -0.3 is 20.7 Å². The first-order chi connectivity index (χ1) is 25.0. The van der Waals surface area contributed by atoms with Gasteiger partial charge in [0.1, 0.15) is 11.2 Å². The van der Waals surface area contributed by atoms with Crippen LogP contribution >= 0.6 is 11.6 Å². The zero-order valence-corrected chi connectivity index (χ0v) is 30.6. The van der Waals surface area contributed by atoms with Crippen LogP contribution in [-0.2, 0) is 20.5 Å². The van der Waals surface area contributed by atoms with Crippen molar-refractivity contribution in [1.29, 1.82) is 0 Å². The second kappa shape index (κ2) is 12.8. The molecule has 8 rings (SSSR count). The standard InChI is InChI=1S/C39H41ClN8O4/c1-21-18-30-32(36(49)47(4)38(51)46(30)3)34(42-21)43-27-11-7-8-24(22(27)2)25-9-6-10-26(33(25)40)28-19-23-12-13-29(31(23)35(44-28)52-5)48-17-15-39(20-48)14-16-41-37(50)45-39/h6-11,18-19,29H,12-17,20H2,1-5H3,(H,42,43)(H2,41,45,50)/t29?,39-/m0/s1. The van der Waals surface area contributed by atoms with Crippen molar-refractivity contribution in [3.05, 3.63) is 96.8 Å². The van der Waals surface area contributed by atoms with Crippen molar-refractivity contribution in [2.75, 3.05) is 32.1 Å². The fourth-order valence-electron chi connectivity index (χ4n) is 8.41. The van der Waals surface area contributed by atoms with Crippen molar-refractivity contribution in [3.63, 3.8) is 0 Å². The molecule has 13 heteroatoms. The molecule has 0 saturated carbocycles. The highest BCUT2D eigenvalue weighted by Gasteiger charge is 2.45. The van der Waals surface area contributed by atoms with E-state index in [4.69, 9.17) is 21.3 Å². The van der Waals surface area contributed by atoms with E-state index in [0.717, 1.165) is 82.5 Å². The minimum atomic E-state index is -0.416. The predicted octanol–water partition coefficient (Wildman–Crippen LogP) is 5.52. The molecule has 5 heterocycles. The molecule has 3 aromatic heterocycles. The number of urea groups is 1. The van der Waals surface area contributed by atoms with Gasteiger partial charge in [0.15, 0.2) is 0 Å². The molecule has 268 valence electrons. The van der Waals surface area contributed by atoms with Gasteiger partial charge in [-0.1, -0.05) is 41.9 Å². The molecule has 2 amide bonds. The van der Waals surface area contributed by atoms with Gasteiger partial charge in [0.05, 0.1) is 28.9 Å². The van der Waals surface area contributed by atoms with E-state index >= 15 is 0 Å². The Balaban J connectivity index is 1.13. The monoisotopic (exact) mass is 720 g/mol. The van der Waals surface area contributed by atoms with Gasteiger partial charge in [-0.2, -0.15) is 0 Å². The lowest BCUT2D eigenvalue weighted by atomic mass is 9.93. The molecule has 2 saturated heterocycles. The van der Waals surface area contributed by atoms with E-state index < -0.39 is 11.2 Å². The van der Waals surface area contributed by atoms with Crippen LogP contribution in [0.5, 0.6) is 5.88 Å². The quantitative estimate of drug-likeness (QED) is 0.209. The van der Waals surface area contributed by atoms with Crippen LogP contribution in [0.25, 0.3) is 33.3 Å². The lowest BCUT2D eigenvalue weighted by molar-refractivity contribution is 0.187. The minimum absolute atomic E-state index is 0.0841. The second-order valence-corrected chi connectivity index (χ2v) is 14.6. The van der Waals surface area contributed by atoms with Gasteiger partial charge in [0, 0.05) is 67.8 Å². The van der Waals surface area contributed by atoms with Crippen molar-refractivity contribution in [3.8, 4) is 28.3 Å². The van der Waals surface area contributed by atoms with Crippen molar-refractivity contribution >= 4 is 40.0 Å². The summed E-state index contributed by atoms with van der Waals surface area (Å²) in [5, 5.41) is 10.4. The number of halogens is 1. The highest BCUT2D eigenvalue weighted by Crippen LogP contribution is 2.46. The molecular formula is C39H41ClN8O4. The van der Waals surface area contributed by atoms with E-state index in [2.05, 4.69) is 31.9 Å². The van der Waals surface area contributed by atoms with E-state index in [1.54, 1.807) is 20.2 Å². The van der Waals surface area contributed by atoms with Crippen molar-refractivity contribution in [2.45, 2.75) is 51.1 Å². The zero-order chi connectivity index (χ0) is 36.5. The van der Waals surface area contributed by atoms with Crippen molar-refractivity contribution < 1.29 is 9.53 Å². The van der Waals surface area contributed by atoms with Gasteiger partial charge in [0.25, 0.3) is 5.56 Å². The molecular weight excluding hydrogens is 680 g/mol. The topological polar surface area (TPSA) is 135 Å². The molecule has 1 spiro atoms. The van der Waals surface area contributed by atoms with E-state index in [9.17, 15) is 14.4 Å². The smallest absolute Gasteiger partial charge is 0.330 e. The predicted molar refractivity (Wildman–Crippen MR) is 203 cm³/mol. The molecule has 2 aliphatic heterocycles. The van der Waals surface area contributed by atoms with E-state index in [0.29, 0.717) is 39.9 Å². The Morgan fingerprint density at radius 2 is 1.75 bits per heavy atom. The van der Waals surface area contributed by atoms with Crippen molar-refractivity contribution in [1.82, 2.24) is 34.6 Å². The Bertz CT molecular complexity index is 2420. The summed E-state index contributed by atoms with van der Waals surface area (Å²) in [6.45, 7) is 6.24. The Labute approximate surface area is 305 Å². The van der Waals surface area contributed by atoms with Gasteiger partial charge >= 0.3 is 11.7 Å². The molecule has 12 nitrogen and oxygen atoms in total. The number of hydrogen-bond acceptors (Lipinski definition) is 8. The number of methoxy groups -OCH3 is 1. The van der Waals surface area contributed by atoms with Crippen LogP contribution in [0, 0.1) is 13.8 Å². The van der Waals surface area contributed by atoms with Gasteiger partial charge in [0.2, 0.25) is 5.88 Å². The number of amides is 2. The second-order valence-electron chi connectivity index (χ2n) is 14.3. The lowest BCUT2D eigenvalue weighted by Gasteiger charge is -2.36. The number of anilines is 2. The van der Waals surface area contributed by atoms with Crippen LogP contribution in [-0.4, -0.2) is 62.3 Å². The minimum Gasteiger partial charge on any atom is -0.481 e. The third-order valence-electron chi connectivity index (χ3n) is 11.1. The fraction of sp³-hybridized carbons (Fsp3) is 0.359. The molecule has 3 N–H and O–H groups in total. The average Bonchev–Trinajstić information content (AvgIpc) is 3.74. The lowest BCUT2D eigenvalue weighted by Crippen LogP contribution is -2.59. The molecule has 52 heavy (non-hydrogen) atoms. The third kappa shape index (κ3) is 5.52. The molecule has 1 aliphatic carbocycles. The largest absolute Gasteiger partial charge is 0.481 e. The zero-order valence-electron chi connectivity index (χ0n) is 29.9. The van der Waals surface area contributed by atoms with Gasteiger partial charge in [-0.15, -0.1) is 0 Å². The van der Waals surface area contributed by atoms with E-state index in [-0.39, 0.29) is 17.6 Å². The Morgan fingerprint density at radius 1 is 0.981 bits per heavy atom. The SMILES string of the molecule is COc1nc(-c2cccc(-c3cccc(Nc4nc(C)cc5c4c(=O)n(C)c(=O)n5C)c3C)c2Cl)cc2c1C(N1CC[C@@]3(CCNC(=O)N3)C1)CC2. The maximum atomic E-state index is 13.3. The number of nitrogens with one attached hydrogen (secondary N) is 3. The number of hydrogen-bond donors (Lipinski definition) is 3. The number of ether oxygens (including phenoxy) is 1. The maximum absolute atomic E-state index is 13.3. The number of rotatable bonds is 6. The molecule has 0 bridgehead atoms. The summed E-state index contributed by atoms with van der Waals surface area (Å²) < 4.78 is 8.52. The number of aromatic nitrogens is 4. The van der Waals surface area contributed by atoms with Gasteiger partial charge in [-0.25, -0.2) is 19.6 Å². The molecule has 2 aromatic carbocycles. The third-order valence-corrected chi connectivity index (χ3v) is 11.6. The Hall–Kier alpha value is -5.20. The van der Waals surface area contributed by atoms with E-state index in [1.165, 1.54) is 17.2 Å². The first-order valence-electron chi connectivity index (χ1n) is 17.6. The number of carbonyl (C=O) groups is 1. The van der Waals surface area contributed by atoms with E-state index in [1.807, 2.05) is 50.2 Å². The Morgan fingerprint density at radius 3 is 2.54 bits per heavy atom. The summed E-state index contributed by atoms with van der Waals surface area (Å²) in [7, 11) is 4.79. The average molecular weight is 721 g/mol. The van der Waals surface area contributed by atoms with Crippen LogP contribution in [0.1, 0.15) is 47.7 Å². The molecule has 1 unspecified atom stereocenters. The van der Waals surface area contributed by atoms with Crippen LogP contribution in [0.4, 0.5) is 16.3 Å². The van der Waals surface area contributed by atoms with Gasteiger partial charge in [-0.05, 0) is 74.4 Å². The number of fused-ring (bicyclic) bond motifs is 2. The van der Waals surface area contributed by atoms with Crippen LogP contribution in [0.15, 0.2) is 58.1 Å². The number of carbonyl (C=O) groups excluding carboxylic acids is 1. The summed E-state index contributed by atoms with van der Waals surface area (Å²) in [5.41, 5.74) is 7.47. The summed E-state index contributed by atoms with van der Waals surface area (Å²) in [6.07, 6.45) is 3.69. The van der Waals surface area contributed by atoms with Crippen LogP contribution in [0.2, 0.25) is 5.02 Å². The molecule has 2 fully saturated rings. The number of nitrogens with zero attached hydrogens (tertiary/aromatic N) is 5. The molecule has 2 atom stereocenters. The first kappa shape index (κ1) is 33.9. The summed E-state index contributed by atoms with van der Waals surface area (Å²) in [5.74, 6) is 0.985. The highest BCUT2D eigenvalue weighted by molar-refractivity contribution is 6.36. The highest BCUT2D eigenvalue weighted by atomic mass is 35.5. The molecule has 0 radical (unpaired) electrons. The summed E-state index contributed by atoms with van der Waals surface area (Å²) in [4.78, 5) is 50.3. The number of likely N-dealkylation sites (tertiary alicyclic amines) is 1. The summed E-state index contributed by atoms with van der Waals surface area (Å²) >= 11 is 7.27. The first-order valence-corrected chi connectivity index (χ1v) is 18.0. The van der Waals surface area contributed by atoms with Gasteiger partial charge in [-0.3, -0.25) is 18.8 Å². The molecule has 3 aliphatic rings. The number of aryl methyl sites for hydroxylation is 3. The van der Waals surface area contributed by atoms with Crippen LogP contribution < -0.4 is 31.9 Å². The summed E-state index contributed by atoms with van der Waals surface area (Å²) in [6, 6.07) is 15.8.